The van der Waals surface area contributed by atoms with E-state index in [-0.39, 0.29) is 0 Å². The van der Waals surface area contributed by atoms with E-state index in [0.29, 0.717) is 37.9 Å². The highest BCUT2D eigenvalue weighted by atomic mass is 32.2. The van der Waals surface area contributed by atoms with Gasteiger partial charge in [0.1, 0.15) is 0 Å². The van der Waals surface area contributed by atoms with Crippen molar-refractivity contribution < 1.29 is 8.42 Å². The highest BCUT2D eigenvalue weighted by Crippen LogP contribution is 2.22. The second kappa shape index (κ2) is 6.30. The summed E-state index contributed by atoms with van der Waals surface area (Å²) in [5.74, 6) is 0.860. The molecule has 7 heteroatoms. The maximum atomic E-state index is 12.2. The number of thiazole rings is 1. The van der Waals surface area contributed by atoms with Crippen molar-refractivity contribution in [2.75, 3.05) is 19.6 Å². The Hall–Kier alpha value is -0.500. The monoisotopic (exact) mass is 303 g/mol. The third-order valence-electron chi connectivity index (χ3n) is 3.28. The second-order valence-electron chi connectivity index (χ2n) is 5.34. The van der Waals surface area contributed by atoms with Crippen molar-refractivity contribution in [3.8, 4) is 0 Å². The van der Waals surface area contributed by atoms with Crippen LogP contribution >= 0.6 is 11.3 Å². The first kappa shape index (κ1) is 14.9. The molecule has 108 valence electrons. The maximum absolute atomic E-state index is 12.2. The summed E-state index contributed by atoms with van der Waals surface area (Å²) in [6, 6.07) is 0. The van der Waals surface area contributed by atoms with Crippen LogP contribution in [0.15, 0.2) is 11.6 Å². The fraction of sp³-hybridized carbons (Fsp3) is 0.750. The first-order valence-electron chi connectivity index (χ1n) is 6.60. The minimum absolute atomic E-state index is 0.412. The summed E-state index contributed by atoms with van der Waals surface area (Å²) in [6.07, 6.45) is 3.49. The number of piperidine rings is 1. The van der Waals surface area contributed by atoms with Crippen LogP contribution in [0.25, 0.3) is 0 Å². The summed E-state index contributed by atoms with van der Waals surface area (Å²) in [7, 11) is -3.34. The molecule has 1 saturated heterocycles. The molecule has 1 N–H and O–H groups in total. The molecule has 0 spiro atoms. The van der Waals surface area contributed by atoms with Crippen LogP contribution in [0.3, 0.4) is 0 Å². The van der Waals surface area contributed by atoms with Crippen LogP contribution in [0, 0.1) is 11.8 Å². The second-order valence-corrected chi connectivity index (χ2v) is 8.07. The van der Waals surface area contributed by atoms with Crippen LogP contribution in [0.2, 0.25) is 0 Å². The lowest BCUT2D eigenvalue weighted by molar-refractivity contribution is 0.220. The van der Waals surface area contributed by atoms with Crippen molar-refractivity contribution in [1.82, 2.24) is 14.0 Å². The first-order chi connectivity index (χ1) is 8.97. The van der Waals surface area contributed by atoms with Crippen LogP contribution in [-0.4, -0.2) is 37.3 Å². The Bertz CT molecular complexity index is 477. The van der Waals surface area contributed by atoms with Gasteiger partial charge in [0.05, 0.1) is 5.01 Å². The number of hydrogen-bond donors (Lipinski definition) is 1. The molecule has 19 heavy (non-hydrogen) atoms. The van der Waals surface area contributed by atoms with Gasteiger partial charge in [-0.15, -0.1) is 11.3 Å². The van der Waals surface area contributed by atoms with Gasteiger partial charge >= 0.3 is 0 Å². The minimum atomic E-state index is -3.34. The molecule has 1 aliphatic heterocycles. The fourth-order valence-electron chi connectivity index (χ4n) is 2.56. The fourth-order valence-corrected chi connectivity index (χ4v) is 4.62. The van der Waals surface area contributed by atoms with E-state index < -0.39 is 10.2 Å². The van der Waals surface area contributed by atoms with E-state index in [0.717, 1.165) is 11.4 Å². The standard InChI is InChI=1S/C12H21N3O2S2/c1-10-7-11(2)9-15(8-10)19(16,17)14-4-3-12-13-5-6-18-12/h5-6,10-11,14H,3-4,7-9H2,1-2H3. The van der Waals surface area contributed by atoms with Crippen LogP contribution in [0.4, 0.5) is 0 Å². The molecule has 2 rings (SSSR count). The van der Waals surface area contributed by atoms with Crippen molar-refractivity contribution in [3.05, 3.63) is 16.6 Å². The van der Waals surface area contributed by atoms with Crippen molar-refractivity contribution in [1.29, 1.82) is 0 Å². The predicted molar refractivity (Wildman–Crippen MR) is 77.3 cm³/mol. The molecular weight excluding hydrogens is 282 g/mol. The summed E-state index contributed by atoms with van der Waals surface area (Å²) < 4.78 is 28.7. The van der Waals surface area contributed by atoms with Crippen LogP contribution in [0.1, 0.15) is 25.3 Å². The Morgan fingerprint density at radius 2 is 2.11 bits per heavy atom. The summed E-state index contributed by atoms with van der Waals surface area (Å²) in [5.41, 5.74) is 0. The molecule has 1 fully saturated rings. The molecule has 0 radical (unpaired) electrons. The lowest BCUT2D eigenvalue weighted by Gasteiger charge is -2.33. The van der Waals surface area contributed by atoms with Gasteiger partial charge in [-0.3, -0.25) is 0 Å². The zero-order valence-electron chi connectivity index (χ0n) is 11.4. The van der Waals surface area contributed by atoms with Gasteiger partial charge in [-0.05, 0) is 18.3 Å². The first-order valence-corrected chi connectivity index (χ1v) is 8.92. The third kappa shape index (κ3) is 4.24. The molecule has 0 bridgehead atoms. The van der Waals surface area contributed by atoms with E-state index in [1.807, 2.05) is 5.38 Å². The lowest BCUT2D eigenvalue weighted by atomic mass is 9.94. The van der Waals surface area contributed by atoms with Gasteiger partial charge in [0.25, 0.3) is 10.2 Å². The highest BCUT2D eigenvalue weighted by Gasteiger charge is 2.29. The molecule has 0 amide bonds. The Kier molecular flexibility index (Phi) is 4.94. The molecule has 0 aliphatic carbocycles. The SMILES string of the molecule is CC1CC(C)CN(S(=O)(=O)NCCc2nccs2)C1. The van der Waals surface area contributed by atoms with Crippen LogP contribution < -0.4 is 4.72 Å². The molecule has 1 aromatic heterocycles. The predicted octanol–water partition coefficient (Wildman–Crippen LogP) is 1.50. The molecule has 2 heterocycles. The quantitative estimate of drug-likeness (QED) is 0.896. The minimum Gasteiger partial charge on any atom is -0.250 e. The van der Waals surface area contributed by atoms with Gasteiger partial charge in [-0.1, -0.05) is 13.8 Å². The number of aromatic nitrogens is 1. The van der Waals surface area contributed by atoms with E-state index >= 15 is 0 Å². The Labute approximate surface area is 119 Å². The smallest absolute Gasteiger partial charge is 0.250 e. The largest absolute Gasteiger partial charge is 0.279 e. The molecule has 2 unspecified atom stereocenters. The molecular formula is C12H21N3O2S2. The van der Waals surface area contributed by atoms with Crippen molar-refractivity contribution >= 4 is 21.5 Å². The molecule has 1 aromatic rings. The summed E-state index contributed by atoms with van der Waals surface area (Å²) >= 11 is 1.55. The van der Waals surface area contributed by atoms with Gasteiger partial charge in [0.15, 0.2) is 0 Å². The third-order valence-corrected chi connectivity index (χ3v) is 5.67. The molecule has 0 aromatic carbocycles. The van der Waals surface area contributed by atoms with E-state index in [2.05, 4.69) is 23.6 Å². The average molecular weight is 303 g/mol. The Morgan fingerprint density at radius 3 is 2.68 bits per heavy atom. The van der Waals surface area contributed by atoms with Gasteiger partial charge in [0.2, 0.25) is 0 Å². The Balaban J connectivity index is 1.87. The highest BCUT2D eigenvalue weighted by molar-refractivity contribution is 7.87. The molecule has 5 nitrogen and oxygen atoms in total. The van der Waals surface area contributed by atoms with Crippen molar-refractivity contribution in [2.24, 2.45) is 11.8 Å². The average Bonchev–Trinajstić information content (AvgIpc) is 2.80. The zero-order chi connectivity index (χ0) is 13.9. The van der Waals surface area contributed by atoms with E-state index in [4.69, 9.17) is 0 Å². The van der Waals surface area contributed by atoms with Gasteiger partial charge in [0, 0.05) is 37.6 Å². The Morgan fingerprint density at radius 1 is 1.42 bits per heavy atom. The molecule has 0 saturated carbocycles. The van der Waals surface area contributed by atoms with E-state index in [9.17, 15) is 8.42 Å². The number of hydrogen-bond acceptors (Lipinski definition) is 4. The van der Waals surface area contributed by atoms with Gasteiger partial charge < -0.3 is 0 Å². The van der Waals surface area contributed by atoms with Crippen molar-refractivity contribution in [3.63, 3.8) is 0 Å². The molecule has 1 aliphatic rings. The van der Waals surface area contributed by atoms with Crippen LogP contribution in [0.5, 0.6) is 0 Å². The molecule has 2 atom stereocenters. The normalized spacial score (nSPS) is 25.6. The lowest BCUT2D eigenvalue weighted by Crippen LogP contribution is -2.48. The summed E-state index contributed by atoms with van der Waals surface area (Å²) in [5, 5.41) is 2.86. The maximum Gasteiger partial charge on any atom is 0.279 e. The van der Waals surface area contributed by atoms with E-state index in [1.165, 1.54) is 0 Å². The van der Waals surface area contributed by atoms with E-state index in [1.54, 1.807) is 21.8 Å². The number of nitrogens with zero attached hydrogens (tertiary/aromatic N) is 2. The summed E-state index contributed by atoms with van der Waals surface area (Å²) in [4.78, 5) is 4.14. The number of nitrogens with one attached hydrogen (secondary N) is 1. The topological polar surface area (TPSA) is 62.3 Å². The summed E-state index contributed by atoms with van der Waals surface area (Å²) in [6.45, 7) is 5.87. The zero-order valence-corrected chi connectivity index (χ0v) is 13.0. The van der Waals surface area contributed by atoms with Gasteiger partial charge in [-0.2, -0.15) is 12.7 Å². The van der Waals surface area contributed by atoms with Gasteiger partial charge in [-0.25, -0.2) is 9.71 Å². The van der Waals surface area contributed by atoms with Crippen molar-refractivity contribution in [2.45, 2.75) is 26.7 Å². The van der Waals surface area contributed by atoms with Crippen LogP contribution in [-0.2, 0) is 16.6 Å². The number of rotatable bonds is 5.